The Morgan fingerprint density at radius 1 is 1.12 bits per heavy atom. The van der Waals surface area contributed by atoms with Crippen molar-refractivity contribution < 1.29 is 23.6 Å². The van der Waals surface area contributed by atoms with Crippen LogP contribution in [0.5, 0.6) is 0 Å². The number of benzene rings is 1. The summed E-state index contributed by atoms with van der Waals surface area (Å²) in [5.41, 5.74) is 1.92. The van der Waals surface area contributed by atoms with Gasteiger partial charge in [0.05, 0.1) is 0 Å². The van der Waals surface area contributed by atoms with Crippen LogP contribution in [0.2, 0.25) is 0 Å². The zero-order valence-corrected chi connectivity index (χ0v) is 17.3. The summed E-state index contributed by atoms with van der Waals surface area (Å²) in [5, 5.41) is 8.74. The molecule has 166 valence electrons. The molecular formula is C22H22FN5O4. The first kappa shape index (κ1) is 20.3. The first-order valence-corrected chi connectivity index (χ1v) is 10.7. The molecule has 9 nitrogen and oxygen atoms in total. The number of nitrogens with one attached hydrogen (secondary N) is 2. The van der Waals surface area contributed by atoms with Gasteiger partial charge in [-0.2, -0.15) is 5.10 Å². The topological polar surface area (TPSA) is 115 Å². The number of H-pyrrole nitrogens is 1. The summed E-state index contributed by atoms with van der Waals surface area (Å²) in [6, 6.07) is 3.89. The van der Waals surface area contributed by atoms with Gasteiger partial charge in [0.1, 0.15) is 17.6 Å². The van der Waals surface area contributed by atoms with Crippen molar-refractivity contribution >= 4 is 23.6 Å². The summed E-state index contributed by atoms with van der Waals surface area (Å²) in [5.74, 6) is -1.86. The summed E-state index contributed by atoms with van der Waals surface area (Å²) < 4.78 is 15.0. The van der Waals surface area contributed by atoms with Gasteiger partial charge in [-0.1, -0.05) is 6.07 Å². The van der Waals surface area contributed by atoms with Gasteiger partial charge in [0.15, 0.2) is 0 Å². The van der Waals surface area contributed by atoms with Crippen molar-refractivity contribution in [2.24, 2.45) is 0 Å². The average molecular weight is 439 g/mol. The number of imide groups is 1. The molecule has 2 saturated heterocycles. The van der Waals surface area contributed by atoms with Crippen LogP contribution in [0, 0.1) is 5.82 Å². The number of fused-ring (bicyclic) bond motifs is 1. The Morgan fingerprint density at radius 2 is 1.91 bits per heavy atom. The quantitative estimate of drug-likeness (QED) is 0.700. The lowest BCUT2D eigenvalue weighted by Crippen LogP contribution is -2.52. The Bertz CT molecular complexity index is 1110. The minimum atomic E-state index is -0.726. The molecule has 2 fully saturated rings. The molecule has 3 aliphatic rings. The fraction of sp³-hybridized carbons (Fsp3) is 0.409. The number of amides is 4. The Hall–Kier alpha value is -3.56. The number of aromatic amines is 1. The molecular weight excluding hydrogens is 417 g/mol. The highest BCUT2D eigenvalue weighted by Crippen LogP contribution is 2.35. The monoisotopic (exact) mass is 439 g/mol. The SMILES string of the molecule is O=C1CCC(N2Cc3cc(C4CCN(C(=O)c5ccn[nH]5)CC4)c(F)cc3C2=O)C(=O)N1. The van der Waals surface area contributed by atoms with Gasteiger partial charge < -0.3 is 9.80 Å². The number of piperidine rings is 2. The molecule has 0 spiro atoms. The first-order valence-electron chi connectivity index (χ1n) is 10.7. The van der Waals surface area contributed by atoms with Gasteiger partial charge in [-0.15, -0.1) is 0 Å². The molecule has 3 aliphatic heterocycles. The number of carbonyl (C=O) groups is 4. The van der Waals surface area contributed by atoms with E-state index >= 15 is 0 Å². The second-order valence-corrected chi connectivity index (χ2v) is 8.47. The third-order valence-corrected chi connectivity index (χ3v) is 6.59. The number of nitrogens with zero attached hydrogens (tertiary/aromatic N) is 3. The van der Waals surface area contributed by atoms with Crippen LogP contribution in [-0.2, 0) is 16.1 Å². The standard InChI is InChI=1S/C22H22FN5O4/c23-16-10-15-13(11-28(21(15)31)18-1-2-19(29)25-20(18)30)9-14(16)12-4-7-27(8-5-12)22(32)17-3-6-24-26-17/h3,6,9-10,12,18H,1-2,4-5,7-8,11H2,(H,24,26)(H,25,29,30). The number of halogens is 1. The Labute approximate surface area is 182 Å². The molecule has 4 amide bonds. The number of aromatic nitrogens is 2. The highest BCUT2D eigenvalue weighted by atomic mass is 19.1. The van der Waals surface area contributed by atoms with Crippen molar-refractivity contribution in [1.29, 1.82) is 0 Å². The van der Waals surface area contributed by atoms with E-state index in [0.717, 1.165) is 0 Å². The fourth-order valence-corrected chi connectivity index (χ4v) is 4.86. The molecule has 2 N–H and O–H groups in total. The van der Waals surface area contributed by atoms with Crippen LogP contribution in [0.1, 0.15) is 63.6 Å². The molecule has 1 aromatic heterocycles. The van der Waals surface area contributed by atoms with Crippen molar-refractivity contribution in [2.45, 2.75) is 44.2 Å². The van der Waals surface area contributed by atoms with E-state index < -0.39 is 17.8 Å². The van der Waals surface area contributed by atoms with E-state index in [4.69, 9.17) is 0 Å². The Balaban J connectivity index is 1.30. The van der Waals surface area contributed by atoms with Crippen LogP contribution in [0.3, 0.4) is 0 Å². The van der Waals surface area contributed by atoms with Crippen LogP contribution >= 0.6 is 0 Å². The van der Waals surface area contributed by atoms with Crippen LogP contribution in [0.4, 0.5) is 4.39 Å². The van der Waals surface area contributed by atoms with E-state index in [1.165, 1.54) is 17.2 Å². The minimum Gasteiger partial charge on any atom is -0.337 e. The normalized spacial score (nSPS) is 21.7. The van der Waals surface area contributed by atoms with E-state index in [9.17, 15) is 23.6 Å². The molecule has 32 heavy (non-hydrogen) atoms. The molecule has 2 aromatic rings. The van der Waals surface area contributed by atoms with E-state index in [2.05, 4.69) is 15.5 Å². The molecule has 1 atom stereocenters. The van der Waals surface area contributed by atoms with Crippen molar-refractivity contribution in [3.8, 4) is 0 Å². The third-order valence-electron chi connectivity index (χ3n) is 6.59. The van der Waals surface area contributed by atoms with Crippen molar-refractivity contribution in [3.63, 3.8) is 0 Å². The van der Waals surface area contributed by atoms with Gasteiger partial charge in [0, 0.05) is 37.8 Å². The molecule has 0 saturated carbocycles. The zero-order valence-electron chi connectivity index (χ0n) is 17.3. The molecule has 5 rings (SSSR count). The molecule has 10 heteroatoms. The maximum atomic E-state index is 15.0. The largest absolute Gasteiger partial charge is 0.337 e. The van der Waals surface area contributed by atoms with Crippen LogP contribution in [-0.4, -0.2) is 62.8 Å². The van der Waals surface area contributed by atoms with Crippen LogP contribution < -0.4 is 5.32 Å². The van der Waals surface area contributed by atoms with Gasteiger partial charge in [0.25, 0.3) is 11.8 Å². The van der Waals surface area contributed by atoms with Crippen molar-refractivity contribution in [2.75, 3.05) is 13.1 Å². The van der Waals surface area contributed by atoms with Gasteiger partial charge in [-0.05, 0) is 48.4 Å². The summed E-state index contributed by atoms with van der Waals surface area (Å²) in [7, 11) is 0. The van der Waals surface area contributed by atoms with E-state index in [-0.39, 0.29) is 48.6 Å². The average Bonchev–Trinajstić information content (AvgIpc) is 3.42. The molecule has 4 heterocycles. The number of rotatable bonds is 3. The minimum absolute atomic E-state index is 0.0640. The Morgan fingerprint density at radius 3 is 2.59 bits per heavy atom. The van der Waals surface area contributed by atoms with E-state index in [0.29, 0.717) is 42.8 Å². The smallest absolute Gasteiger partial charge is 0.271 e. The molecule has 0 radical (unpaired) electrons. The third kappa shape index (κ3) is 3.45. The lowest BCUT2D eigenvalue weighted by atomic mass is 9.87. The molecule has 0 aliphatic carbocycles. The summed E-state index contributed by atoms with van der Waals surface area (Å²) in [6.45, 7) is 1.21. The lowest BCUT2D eigenvalue weighted by Gasteiger charge is -2.32. The van der Waals surface area contributed by atoms with Crippen molar-refractivity contribution in [1.82, 2.24) is 25.3 Å². The van der Waals surface area contributed by atoms with Gasteiger partial charge >= 0.3 is 0 Å². The molecule has 1 aromatic carbocycles. The van der Waals surface area contributed by atoms with Crippen LogP contribution in [0.25, 0.3) is 0 Å². The van der Waals surface area contributed by atoms with Crippen LogP contribution in [0.15, 0.2) is 24.4 Å². The first-order chi connectivity index (χ1) is 15.4. The van der Waals surface area contributed by atoms with Gasteiger partial charge in [-0.3, -0.25) is 29.6 Å². The number of carbonyl (C=O) groups excluding carboxylic acids is 4. The maximum Gasteiger partial charge on any atom is 0.271 e. The fourth-order valence-electron chi connectivity index (χ4n) is 4.86. The highest BCUT2D eigenvalue weighted by molar-refractivity contribution is 6.05. The predicted octanol–water partition coefficient (Wildman–Crippen LogP) is 1.33. The lowest BCUT2D eigenvalue weighted by molar-refractivity contribution is -0.136. The van der Waals surface area contributed by atoms with Crippen molar-refractivity contribution in [3.05, 3.63) is 52.6 Å². The second kappa shape index (κ2) is 7.85. The van der Waals surface area contributed by atoms with Gasteiger partial charge in [0.2, 0.25) is 11.8 Å². The summed E-state index contributed by atoms with van der Waals surface area (Å²) in [6.07, 6.45) is 3.19. The number of hydrogen-bond acceptors (Lipinski definition) is 5. The molecule has 1 unspecified atom stereocenters. The number of likely N-dealkylation sites (tertiary alicyclic amines) is 1. The number of hydrogen-bond donors (Lipinski definition) is 2. The predicted molar refractivity (Wildman–Crippen MR) is 109 cm³/mol. The van der Waals surface area contributed by atoms with E-state index in [1.807, 2.05) is 0 Å². The molecule has 0 bridgehead atoms. The second-order valence-electron chi connectivity index (χ2n) is 8.47. The van der Waals surface area contributed by atoms with E-state index in [1.54, 1.807) is 17.0 Å². The zero-order chi connectivity index (χ0) is 22.4. The summed E-state index contributed by atoms with van der Waals surface area (Å²) >= 11 is 0. The highest BCUT2D eigenvalue weighted by Gasteiger charge is 2.40. The summed E-state index contributed by atoms with van der Waals surface area (Å²) in [4.78, 5) is 52.1. The Kier molecular flexibility index (Phi) is 4.99. The maximum absolute atomic E-state index is 15.0. The van der Waals surface area contributed by atoms with Gasteiger partial charge in [-0.25, -0.2) is 4.39 Å².